The van der Waals surface area contributed by atoms with Gasteiger partial charge in [-0.1, -0.05) is 26.8 Å². The molecule has 0 radical (unpaired) electrons. The third-order valence-corrected chi connectivity index (χ3v) is 3.11. The fraction of sp³-hybridized carbons (Fsp3) is 0.600. The molecule has 0 spiro atoms. The van der Waals surface area contributed by atoms with Gasteiger partial charge in [-0.25, -0.2) is 4.98 Å². The highest BCUT2D eigenvalue weighted by Crippen LogP contribution is 2.15. The maximum atomic E-state index is 11.0. The van der Waals surface area contributed by atoms with Crippen molar-refractivity contribution in [1.82, 2.24) is 4.98 Å². The predicted octanol–water partition coefficient (Wildman–Crippen LogP) is 2.96. The zero-order valence-corrected chi connectivity index (χ0v) is 12.3. The molecule has 19 heavy (non-hydrogen) atoms. The van der Waals surface area contributed by atoms with Crippen LogP contribution in [0, 0.1) is 18.8 Å². The lowest BCUT2D eigenvalue weighted by Crippen LogP contribution is -2.33. The molecule has 0 aliphatic carbocycles. The van der Waals surface area contributed by atoms with E-state index in [1.54, 1.807) is 6.92 Å². The summed E-state index contributed by atoms with van der Waals surface area (Å²) in [6, 6.07) is 3.97. The number of carboxylic acids is 1. The molecule has 0 saturated heterocycles. The molecule has 0 bridgehead atoms. The van der Waals surface area contributed by atoms with E-state index in [4.69, 9.17) is 5.11 Å². The van der Waals surface area contributed by atoms with Gasteiger partial charge in [-0.3, -0.25) is 4.79 Å². The number of hydrogen-bond acceptors (Lipinski definition) is 3. The summed E-state index contributed by atoms with van der Waals surface area (Å²) in [6.45, 7) is 9.40. The summed E-state index contributed by atoms with van der Waals surface area (Å²) < 4.78 is 0. The molecule has 0 aliphatic rings. The maximum Gasteiger partial charge on any atom is 0.308 e. The molecule has 1 unspecified atom stereocenters. The third kappa shape index (κ3) is 5.28. The number of carboxylic acid groups (broad SMARTS) is 1. The van der Waals surface area contributed by atoms with Crippen molar-refractivity contribution in [3.05, 3.63) is 23.9 Å². The van der Waals surface area contributed by atoms with E-state index in [9.17, 15) is 4.79 Å². The molecule has 0 aromatic carbocycles. The number of nitrogens with zero attached hydrogens (tertiary/aromatic N) is 2. The molecular formula is C15H24N2O2. The second-order valence-corrected chi connectivity index (χ2v) is 5.56. The first-order valence-corrected chi connectivity index (χ1v) is 6.80. The SMILES string of the molecule is Cc1ccc(N(CCC(C)C)CC(C)C(=O)O)nc1. The molecule has 1 heterocycles. The molecule has 1 N–H and O–H groups in total. The van der Waals surface area contributed by atoms with Gasteiger partial charge < -0.3 is 10.0 Å². The molecule has 0 saturated carbocycles. The van der Waals surface area contributed by atoms with Gasteiger partial charge in [0, 0.05) is 19.3 Å². The van der Waals surface area contributed by atoms with Crippen molar-refractivity contribution in [3.63, 3.8) is 0 Å². The Morgan fingerprint density at radius 3 is 2.53 bits per heavy atom. The van der Waals surface area contributed by atoms with Gasteiger partial charge in [0.1, 0.15) is 5.82 Å². The lowest BCUT2D eigenvalue weighted by Gasteiger charge is -2.26. The minimum Gasteiger partial charge on any atom is -0.481 e. The molecule has 106 valence electrons. The van der Waals surface area contributed by atoms with Crippen molar-refractivity contribution in [1.29, 1.82) is 0 Å². The van der Waals surface area contributed by atoms with Crippen molar-refractivity contribution < 1.29 is 9.90 Å². The zero-order chi connectivity index (χ0) is 14.4. The van der Waals surface area contributed by atoms with Gasteiger partial charge in [0.05, 0.1) is 5.92 Å². The Labute approximate surface area is 115 Å². The molecule has 1 rings (SSSR count). The van der Waals surface area contributed by atoms with Crippen LogP contribution in [0.25, 0.3) is 0 Å². The lowest BCUT2D eigenvalue weighted by molar-refractivity contribution is -0.140. The number of pyridine rings is 1. The van der Waals surface area contributed by atoms with Gasteiger partial charge in [-0.15, -0.1) is 0 Å². The molecule has 4 heteroatoms. The van der Waals surface area contributed by atoms with Crippen molar-refractivity contribution in [2.75, 3.05) is 18.0 Å². The Bertz CT molecular complexity index is 401. The molecular weight excluding hydrogens is 240 g/mol. The van der Waals surface area contributed by atoms with Gasteiger partial charge in [-0.05, 0) is 30.9 Å². The van der Waals surface area contributed by atoms with Crippen molar-refractivity contribution in [2.24, 2.45) is 11.8 Å². The number of carbonyl (C=O) groups is 1. The smallest absolute Gasteiger partial charge is 0.308 e. The van der Waals surface area contributed by atoms with Gasteiger partial charge in [0.25, 0.3) is 0 Å². The summed E-state index contributed by atoms with van der Waals surface area (Å²) >= 11 is 0. The Balaban J connectivity index is 2.78. The average Bonchev–Trinajstić information content (AvgIpc) is 2.35. The molecule has 0 amide bonds. The van der Waals surface area contributed by atoms with E-state index in [1.165, 1.54) is 0 Å². The summed E-state index contributed by atoms with van der Waals surface area (Å²) in [5, 5.41) is 9.05. The van der Waals surface area contributed by atoms with E-state index in [2.05, 4.69) is 23.7 Å². The Hall–Kier alpha value is -1.58. The maximum absolute atomic E-state index is 11.0. The van der Waals surface area contributed by atoms with Crippen LogP contribution in [0.15, 0.2) is 18.3 Å². The molecule has 1 atom stereocenters. The number of aromatic nitrogens is 1. The monoisotopic (exact) mass is 264 g/mol. The fourth-order valence-corrected chi connectivity index (χ4v) is 1.77. The van der Waals surface area contributed by atoms with E-state index in [1.807, 2.05) is 25.3 Å². The quantitative estimate of drug-likeness (QED) is 0.822. The summed E-state index contributed by atoms with van der Waals surface area (Å²) in [6.07, 6.45) is 2.85. The van der Waals surface area contributed by atoms with Gasteiger partial charge in [0.15, 0.2) is 0 Å². The van der Waals surface area contributed by atoms with Gasteiger partial charge >= 0.3 is 5.97 Å². The van der Waals surface area contributed by atoms with Gasteiger partial charge in [0.2, 0.25) is 0 Å². The van der Waals surface area contributed by atoms with E-state index in [-0.39, 0.29) is 0 Å². The summed E-state index contributed by atoms with van der Waals surface area (Å²) in [5.74, 6) is 0.296. The van der Waals surface area contributed by atoms with Crippen LogP contribution in [-0.4, -0.2) is 29.1 Å². The van der Waals surface area contributed by atoms with Crippen LogP contribution >= 0.6 is 0 Å². The first-order valence-electron chi connectivity index (χ1n) is 6.80. The Kier molecular flexibility index (Phi) is 5.80. The molecule has 4 nitrogen and oxygen atoms in total. The van der Waals surface area contributed by atoms with Gasteiger partial charge in [-0.2, -0.15) is 0 Å². The first kappa shape index (κ1) is 15.5. The third-order valence-electron chi connectivity index (χ3n) is 3.11. The number of aryl methyl sites for hydroxylation is 1. The summed E-state index contributed by atoms with van der Waals surface area (Å²) in [4.78, 5) is 17.5. The van der Waals surface area contributed by atoms with E-state index in [0.717, 1.165) is 24.3 Å². The minimum atomic E-state index is -0.762. The lowest BCUT2D eigenvalue weighted by atomic mass is 10.1. The fourth-order valence-electron chi connectivity index (χ4n) is 1.77. The van der Waals surface area contributed by atoms with E-state index >= 15 is 0 Å². The Morgan fingerprint density at radius 1 is 1.37 bits per heavy atom. The molecule has 0 fully saturated rings. The number of rotatable bonds is 7. The van der Waals surface area contributed by atoms with Crippen LogP contribution in [0.5, 0.6) is 0 Å². The molecule has 1 aromatic heterocycles. The van der Waals surface area contributed by atoms with Crippen LogP contribution in [0.3, 0.4) is 0 Å². The van der Waals surface area contributed by atoms with Crippen LogP contribution in [0.4, 0.5) is 5.82 Å². The number of hydrogen-bond donors (Lipinski definition) is 1. The topological polar surface area (TPSA) is 53.4 Å². The summed E-state index contributed by atoms with van der Waals surface area (Å²) in [7, 11) is 0. The zero-order valence-electron chi connectivity index (χ0n) is 12.3. The predicted molar refractivity (Wildman–Crippen MR) is 77.4 cm³/mol. The van der Waals surface area contributed by atoms with Crippen molar-refractivity contribution in [2.45, 2.75) is 34.1 Å². The van der Waals surface area contributed by atoms with Crippen LogP contribution in [0.2, 0.25) is 0 Å². The highest BCUT2D eigenvalue weighted by atomic mass is 16.4. The second-order valence-electron chi connectivity index (χ2n) is 5.56. The first-order chi connectivity index (χ1) is 8.90. The van der Waals surface area contributed by atoms with E-state index < -0.39 is 11.9 Å². The largest absolute Gasteiger partial charge is 0.481 e. The normalized spacial score (nSPS) is 12.5. The minimum absolute atomic E-state index is 0.393. The number of aliphatic carboxylic acids is 1. The second kappa shape index (κ2) is 7.12. The summed E-state index contributed by atoms with van der Waals surface area (Å²) in [5.41, 5.74) is 1.11. The Morgan fingerprint density at radius 2 is 2.05 bits per heavy atom. The van der Waals surface area contributed by atoms with E-state index in [0.29, 0.717) is 12.5 Å². The highest BCUT2D eigenvalue weighted by molar-refractivity contribution is 5.70. The van der Waals surface area contributed by atoms with Crippen LogP contribution in [-0.2, 0) is 4.79 Å². The standard InChI is InChI=1S/C15H24N2O2/c1-11(2)7-8-17(10-13(4)15(18)19)14-6-5-12(3)9-16-14/h5-6,9,11,13H,7-8,10H2,1-4H3,(H,18,19). The number of anilines is 1. The molecule has 1 aromatic rings. The molecule has 0 aliphatic heterocycles. The van der Waals surface area contributed by atoms with Crippen molar-refractivity contribution >= 4 is 11.8 Å². The van der Waals surface area contributed by atoms with Crippen LogP contribution in [0.1, 0.15) is 32.8 Å². The average molecular weight is 264 g/mol. The highest BCUT2D eigenvalue weighted by Gasteiger charge is 2.17. The van der Waals surface area contributed by atoms with Crippen LogP contribution < -0.4 is 4.90 Å². The van der Waals surface area contributed by atoms with Crippen molar-refractivity contribution in [3.8, 4) is 0 Å².